The lowest BCUT2D eigenvalue weighted by atomic mass is 9.90. The fraction of sp³-hybridized carbons (Fsp3) is 0.455. The Morgan fingerprint density at radius 3 is 2.50 bits per heavy atom. The molecule has 1 aliphatic rings. The summed E-state index contributed by atoms with van der Waals surface area (Å²) in [5, 5.41) is 1.83. The molecule has 2 rings (SSSR count). The topological polar surface area (TPSA) is 12.0 Å². The van der Waals surface area contributed by atoms with Crippen molar-refractivity contribution >= 4 is 0 Å². The summed E-state index contributed by atoms with van der Waals surface area (Å²) in [5.41, 5.74) is 0.233. The Morgan fingerprint density at radius 1 is 1.17 bits per heavy atom. The summed E-state index contributed by atoms with van der Waals surface area (Å²) in [4.78, 5) is 0. The summed E-state index contributed by atoms with van der Waals surface area (Å²) >= 11 is 0. The maximum atomic E-state index is 7.98. The van der Waals surface area contributed by atoms with Crippen molar-refractivity contribution in [2.75, 3.05) is 13.0 Å². The van der Waals surface area contributed by atoms with Gasteiger partial charge in [0, 0.05) is 11.0 Å². The van der Waals surface area contributed by atoms with Crippen LogP contribution in [-0.2, 0) is 0 Å². The van der Waals surface area contributed by atoms with Crippen LogP contribution in [0.5, 0.6) is 0 Å². The Bertz CT molecular complexity index is 472. The first-order valence-corrected chi connectivity index (χ1v) is 3.78. The second-order valence-electron chi connectivity index (χ2n) is 2.51. The minimum absolute atomic E-state index is 0.233. The number of hydrogen-bond acceptors (Lipinski definition) is 1. The normalized spacial score (nSPS) is 46.0. The first kappa shape index (κ1) is 2.85. The van der Waals surface area contributed by atoms with Gasteiger partial charge in [0.15, 0.2) is 0 Å². The van der Waals surface area contributed by atoms with E-state index in [1.54, 1.807) is 18.2 Å². The second kappa shape index (κ2) is 3.72. The zero-order valence-corrected chi connectivity index (χ0v) is 6.46. The van der Waals surface area contributed by atoms with Crippen LogP contribution >= 0.6 is 0 Å². The van der Waals surface area contributed by atoms with Gasteiger partial charge in [-0.3, -0.25) is 0 Å². The molecule has 1 saturated heterocycles. The molecule has 1 aromatic rings. The van der Waals surface area contributed by atoms with Gasteiger partial charge in [0.05, 0.1) is 0 Å². The molecule has 0 aromatic heterocycles. The Labute approximate surface area is 85.0 Å². The fourth-order valence-electron chi connectivity index (χ4n) is 1.10. The molecule has 1 N–H and O–H groups in total. The number of nitrogens with one attached hydrogen (secondary N) is 1. The van der Waals surface area contributed by atoms with Crippen molar-refractivity contribution in [3.63, 3.8) is 0 Å². The van der Waals surface area contributed by atoms with Gasteiger partial charge in [-0.2, -0.15) is 0 Å². The lowest BCUT2D eigenvalue weighted by Crippen LogP contribution is -2.26. The summed E-state index contributed by atoms with van der Waals surface area (Å²) in [5.74, 6) is -1.57. The van der Waals surface area contributed by atoms with Crippen LogP contribution in [0, 0.1) is 0 Å². The van der Waals surface area contributed by atoms with Crippen LogP contribution in [0.2, 0.25) is 0 Å². The van der Waals surface area contributed by atoms with Crippen LogP contribution in [0.25, 0.3) is 0 Å². The molecule has 1 fully saturated rings. The highest BCUT2D eigenvalue weighted by atomic mass is 14.9. The van der Waals surface area contributed by atoms with Crippen molar-refractivity contribution in [1.82, 2.24) is 5.32 Å². The van der Waals surface area contributed by atoms with Crippen LogP contribution in [0.3, 0.4) is 0 Å². The van der Waals surface area contributed by atoms with E-state index < -0.39 is 31.7 Å². The number of hydrogen-bond donors (Lipinski definition) is 1. The summed E-state index contributed by atoms with van der Waals surface area (Å²) in [6.07, 6.45) is -5.22. The van der Waals surface area contributed by atoms with Crippen LogP contribution in [0.1, 0.15) is 35.2 Å². The van der Waals surface area contributed by atoms with E-state index in [1.165, 1.54) is 12.1 Å². The van der Waals surface area contributed by atoms with Crippen molar-refractivity contribution in [2.45, 2.75) is 18.7 Å². The van der Waals surface area contributed by atoms with Gasteiger partial charge in [0.1, 0.15) is 0 Å². The minimum atomic E-state index is -2.69. The monoisotopic (exact) mass is 169 g/mol. The van der Waals surface area contributed by atoms with Crippen LogP contribution in [0.4, 0.5) is 0 Å². The average Bonchev–Trinajstić information content (AvgIpc) is 2.26. The smallest absolute Gasteiger partial charge is 0.0428 e. The van der Waals surface area contributed by atoms with E-state index >= 15 is 0 Å². The average molecular weight is 169 g/mol. The standard InChI is InChI=1S/C11H15N/c1-2-4-10(5-3-1)11-6-8-12-9-7-11/h1-5,11-12H,6-9H2/i6D2,7D2,8D2,9D2. The Morgan fingerprint density at radius 2 is 1.83 bits per heavy atom. The Balaban J connectivity index is 2.65. The first-order chi connectivity index (χ1) is 8.93. The van der Waals surface area contributed by atoms with Crippen LogP contribution in [0.15, 0.2) is 30.3 Å². The third-order valence-corrected chi connectivity index (χ3v) is 1.69. The van der Waals surface area contributed by atoms with E-state index in [4.69, 9.17) is 11.0 Å². The fourth-order valence-corrected chi connectivity index (χ4v) is 1.10. The summed E-state index contributed by atoms with van der Waals surface area (Å²) in [6.45, 7) is -5.38. The molecule has 1 aliphatic heterocycles. The summed E-state index contributed by atoms with van der Waals surface area (Å²) in [6, 6.07) is 7.83. The molecule has 0 bridgehead atoms. The maximum Gasteiger partial charge on any atom is 0.0428 e. The SMILES string of the molecule is [2H]C1([2H])NC([2H])([2H])C([2H])([2H])C(c2ccccc2)C1([2H])[2H]. The summed E-state index contributed by atoms with van der Waals surface area (Å²) < 4.78 is 62.8. The molecule has 1 heterocycles. The third-order valence-electron chi connectivity index (χ3n) is 1.69. The molecular weight excluding hydrogens is 146 g/mol. The Hall–Kier alpha value is -0.820. The van der Waals surface area contributed by atoms with Crippen molar-refractivity contribution in [3.05, 3.63) is 35.9 Å². The minimum Gasteiger partial charge on any atom is -0.317 e. The third kappa shape index (κ3) is 1.67. The van der Waals surface area contributed by atoms with Gasteiger partial charge in [-0.1, -0.05) is 30.3 Å². The second-order valence-corrected chi connectivity index (χ2v) is 2.51. The zero-order valence-electron chi connectivity index (χ0n) is 14.5. The molecule has 0 amide bonds. The number of rotatable bonds is 1. The quantitative estimate of drug-likeness (QED) is 0.679. The number of piperidine rings is 1. The molecule has 64 valence electrons. The number of benzene rings is 1. The van der Waals surface area contributed by atoms with Crippen LogP contribution in [-0.4, -0.2) is 13.0 Å². The van der Waals surface area contributed by atoms with E-state index in [9.17, 15) is 0 Å². The highest BCUT2D eigenvalue weighted by Gasteiger charge is 2.13. The van der Waals surface area contributed by atoms with Gasteiger partial charge < -0.3 is 5.32 Å². The lowest BCUT2D eigenvalue weighted by Gasteiger charge is -2.22. The zero-order chi connectivity index (χ0) is 15.4. The molecule has 12 heavy (non-hydrogen) atoms. The predicted octanol–water partition coefficient (Wildman–Crippen LogP) is 2.15. The van der Waals surface area contributed by atoms with Gasteiger partial charge in [0.25, 0.3) is 0 Å². The molecular formula is C11H15N. The largest absolute Gasteiger partial charge is 0.317 e. The van der Waals surface area contributed by atoms with Gasteiger partial charge in [-0.05, 0) is 37.2 Å². The molecule has 1 heteroatoms. The first-order valence-electron chi connectivity index (χ1n) is 7.78. The van der Waals surface area contributed by atoms with Gasteiger partial charge in [-0.25, -0.2) is 0 Å². The van der Waals surface area contributed by atoms with E-state index in [2.05, 4.69) is 0 Å². The van der Waals surface area contributed by atoms with Gasteiger partial charge >= 0.3 is 0 Å². The molecule has 0 radical (unpaired) electrons. The molecule has 0 aliphatic carbocycles. The molecule has 0 saturated carbocycles. The van der Waals surface area contributed by atoms with Crippen molar-refractivity contribution in [1.29, 1.82) is 0 Å². The highest BCUT2D eigenvalue weighted by molar-refractivity contribution is 5.19. The van der Waals surface area contributed by atoms with Crippen molar-refractivity contribution in [2.24, 2.45) is 0 Å². The van der Waals surface area contributed by atoms with E-state index in [-0.39, 0.29) is 5.56 Å². The molecule has 0 atom stereocenters. The lowest BCUT2D eigenvalue weighted by molar-refractivity contribution is 0.460. The highest BCUT2D eigenvalue weighted by Crippen LogP contribution is 2.24. The van der Waals surface area contributed by atoms with Crippen molar-refractivity contribution < 1.29 is 11.0 Å². The molecule has 1 nitrogen and oxygen atoms in total. The van der Waals surface area contributed by atoms with E-state index in [0.717, 1.165) is 0 Å². The van der Waals surface area contributed by atoms with Gasteiger partial charge in [0.2, 0.25) is 0 Å². The molecule has 0 spiro atoms. The predicted molar refractivity (Wildman–Crippen MR) is 51.3 cm³/mol. The van der Waals surface area contributed by atoms with E-state index in [1.807, 2.05) is 5.32 Å². The van der Waals surface area contributed by atoms with E-state index in [0.29, 0.717) is 0 Å². The van der Waals surface area contributed by atoms with Crippen molar-refractivity contribution in [3.8, 4) is 0 Å². The maximum absolute atomic E-state index is 7.98. The molecule has 1 aromatic carbocycles. The molecule has 0 unspecified atom stereocenters. The van der Waals surface area contributed by atoms with Gasteiger partial charge in [-0.15, -0.1) is 0 Å². The van der Waals surface area contributed by atoms with Crippen LogP contribution < -0.4 is 5.32 Å². The summed E-state index contributed by atoms with van der Waals surface area (Å²) in [7, 11) is 0. The Kier molecular flexibility index (Phi) is 0.883.